The monoisotopic (exact) mass is 346 g/mol. The maximum atomic E-state index is 12.7. The van der Waals surface area contributed by atoms with Crippen molar-refractivity contribution in [3.05, 3.63) is 67.1 Å². The van der Waals surface area contributed by atoms with Gasteiger partial charge in [-0.05, 0) is 18.1 Å². The smallest absolute Gasteiger partial charge is 0.196 e. The molecule has 0 bridgehead atoms. The first-order valence-corrected chi connectivity index (χ1v) is 7.44. The summed E-state index contributed by atoms with van der Waals surface area (Å²) in [4.78, 5) is 12.7. The molecule has 0 N–H and O–H groups in total. The fourth-order valence-corrected chi connectivity index (χ4v) is 3.04. The molecule has 5 heteroatoms. The Hall–Kier alpha value is -0.730. The largest absolute Gasteiger partial charge is 0.288 e. The van der Waals surface area contributed by atoms with E-state index in [4.69, 9.17) is 46.4 Å². The van der Waals surface area contributed by atoms with Crippen LogP contribution in [0.2, 0.25) is 20.1 Å². The number of benzene rings is 2. The van der Waals surface area contributed by atoms with E-state index in [0.717, 1.165) is 12.0 Å². The fraction of sp³-hybridized carbons (Fsp3) is 0.133. The van der Waals surface area contributed by atoms with Gasteiger partial charge >= 0.3 is 0 Å². The number of carbonyl (C=O) groups excluding carboxylic acids is 1. The molecule has 0 aliphatic heterocycles. The molecule has 1 nitrogen and oxygen atoms in total. The second-order valence-corrected chi connectivity index (χ2v) is 5.75. The Kier molecular flexibility index (Phi) is 4.98. The molecule has 0 fully saturated rings. The second-order valence-electron chi connectivity index (χ2n) is 4.18. The topological polar surface area (TPSA) is 17.1 Å². The van der Waals surface area contributed by atoms with Gasteiger partial charge in [-0.25, -0.2) is 0 Å². The Morgan fingerprint density at radius 2 is 1.65 bits per heavy atom. The molecule has 20 heavy (non-hydrogen) atoms. The molecule has 0 atom stereocenters. The molecular formula is C15H10Cl4O. The van der Waals surface area contributed by atoms with Gasteiger partial charge in [0.1, 0.15) is 0 Å². The minimum atomic E-state index is -0.254. The van der Waals surface area contributed by atoms with Crippen LogP contribution in [0.25, 0.3) is 0 Å². The van der Waals surface area contributed by atoms with Gasteiger partial charge in [0.05, 0.1) is 25.7 Å². The van der Waals surface area contributed by atoms with Crippen molar-refractivity contribution in [3.63, 3.8) is 0 Å². The van der Waals surface area contributed by atoms with Crippen molar-refractivity contribution < 1.29 is 4.79 Å². The molecule has 0 radical (unpaired) electrons. The molecule has 0 saturated carbocycles. The number of rotatable bonds is 3. The molecular weight excluding hydrogens is 338 g/mol. The summed E-state index contributed by atoms with van der Waals surface area (Å²) >= 11 is 24.1. The molecule has 2 aromatic carbocycles. The van der Waals surface area contributed by atoms with Crippen LogP contribution >= 0.6 is 46.4 Å². The summed E-state index contributed by atoms with van der Waals surface area (Å²) in [5.41, 5.74) is 1.68. The van der Waals surface area contributed by atoms with Gasteiger partial charge in [-0.2, -0.15) is 0 Å². The summed E-state index contributed by atoms with van der Waals surface area (Å²) < 4.78 is 0. The van der Waals surface area contributed by atoms with Crippen LogP contribution in [0.4, 0.5) is 0 Å². The lowest BCUT2D eigenvalue weighted by molar-refractivity contribution is 0.103. The molecule has 0 heterocycles. The van der Waals surface area contributed by atoms with Crippen molar-refractivity contribution in [2.75, 3.05) is 0 Å². The number of hydrogen-bond donors (Lipinski definition) is 0. The lowest BCUT2D eigenvalue weighted by Gasteiger charge is -2.11. The number of hydrogen-bond acceptors (Lipinski definition) is 1. The summed E-state index contributed by atoms with van der Waals surface area (Å²) in [7, 11) is 0. The highest BCUT2D eigenvalue weighted by atomic mass is 35.5. The molecule has 2 rings (SSSR count). The van der Waals surface area contributed by atoms with Gasteiger partial charge in [-0.3, -0.25) is 4.79 Å². The Morgan fingerprint density at radius 1 is 1.00 bits per heavy atom. The summed E-state index contributed by atoms with van der Waals surface area (Å²) in [6.45, 7) is 1.98. The van der Waals surface area contributed by atoms with Crippen molar-refractivity contribution in [2.24, 2.45) is 0 Å². The van der Waals surface area contributed by atoms with Crippen LogP contribution in [0.5, 0.6) is 0 Å². The summed E-state index contributed by atoms with van der Waals surface area (Å²) in [6.07, 6.45) is 0.735. The Bertz CT molecular complexity index is 680. The highest BCUT2D eigenvalue weighted by molar-refractivity contribution is 6.51. The lowest BCUT2D eigenvalue weighted by atomic mass is 9.97. The number of carbonyl (C=O) groups is 1. The third-order valence-corrected chi connectivity index (χ3v) is 4.54. The maximum absolute atomic E-state index is 12.7. The molecule has 0 aliphatic rings. The van der Waals surface area contributed by atoms with E-state index in [1.807, 2.05) is 19.1 Å². The number of aryl methyl sites for hydroxylation is 1. The summed E-state index contributed by atoms with van der Waals surface area (Å²) in [5.74, 6) is -0.254. The summed E-state index contributed by atoms with van der Waals surface area (Å²) in [6, 6.07) is 8.75. The minimum Gasteiger partial charge on any atom is -0.288 e. The van der Waals surface area contributed by atoms with E-state index in [1.54, 1.807) is 12.1 Å². The molecule has 0 aliphatic carbocycles. The van der Waals surface area contributed by atoms with Crippen LogP contribution in [0, 0.1) is 0 Å². The zero-order chi connectivity index (χ0) is 14.9. The van der Waals surface area contributed by atoms with Crippen molar-refractivity contribution in [1.29, 1.82) is 0 Å². The van der Waals surface area contributed by atoms with E-state index in [9.17, 15) is 4.79 Å². The highest BCUT2D eigenvalue weighted by Crippen LogP contribution is 2.38. The second kappa shape index (κ2) is 6.36. The average Bonchev–Trinajstić information content (AvgIpc) is 2.44. The van der Waals surface area contributed by atoms with Crippen molar-refractivity contribution in [2.45, 2.75) is 13.3 Å². The van der Waals surface area contributed by atoms with E-state index in [0.29, 0.717) is 5.56 Å². The van der Waals surface area contributed by atoms with Gasteiger partial charge in [0.15, 0.2) is 5.78 Å². The van der Waals surface area contributed by atoms with E-state index in [1.165, 1.54) is 6.07 Å². The van der Waals surface area contributed by atoms with Crippen LogP contribution in [0.3, 0.4) is 0 Å². The van der Waals surface area contributed by atoms with Gasteiger partial charge in [0.2, 0.25) is 0 Å². The van der Waals surface area contributed by atoms with Crippen molar-refractivity contribution in [3.8, 4) is 0 Å². The van der Waals surface area contributed by atoms with E-state index >= 15 is 0 Å². The fourth-order valence-electron chi connectivity index (χ4n) is 1.96. The minimum absolute atomic E-state index is 0.0834. The van der Waals surface area contributed by atoms with Crippen LogP contribution in [0.15, 0.2) is 30.3 Å². The van der Waals surface area contributed by atoms with Crippen LogP contribution in [-0.4, -0.2) is 5.78 Å². The molecule has 104 valence electrons. The van der Waals surface area contributed by atoms with Gasteiger partial charge < -0.3 is 0 Å². The van der Waals surface area contributed by atoms with E-state index < -0.39 is 0 Å². The van der Waals surface area contributed by atoms with Crippen molar-refractivity contribution >= 4 is 52.2 Å². The third-order valence-electron chi connectivity index (χ3n) is 2.98. The zero-order valence-electron chi connectivity index (χ0n) is 10.5. The van der Waals surface area contributed by atoms with Crippen molar-refractivity contribution in [1.82, 2.24) is 0 Å². The first kappa shape index (κ1) is 15.7. The molecule has 0 aromatic heterocycles. The Labute approximate surface area is 137 Å². The number of ketones is 1. The molecule has 0 spiro atoms. The maximum Gasteiger partial charge on any atom is 0.196 e. The Morgan fingerprint density at radius 3 is 2.30 bits per heavy atom. The van der Waals surface area contributed by atoms with Crippen LogP contribution in [-0.2, 0) is 6.42 Å². The third kappa shape index (κ3) is 2.82. The first-order valence-electron chi connectivity index (χ1n) is 5.93. The van der Waals surface area contributed by atoms with E-state index in [-0.39, 0.29) is 31.4 Å². The van der Waals surface area contributed by atoms with Crippen LogP contribution < -0.4 is 0 Å². The standard InChI is InChI=1S/C15H10Cl4O/c1-2-8-5-3-4-6-9(8)15(20)12-10(16)7-11(17)13(18)14(12)19/h3-7H,2H2,1H3. The van der Waals surface area contributed by atoms with Gasteiger partial charge in [0.25, 0.3) is 0 Å². The SMILES string of the molecule is CCc1ccccc1C(=O)c1c(Cl)cc(Cl)c(Cl)c1Cl. The molecule has 0 saturated heterocycles. The van der Waals surface area contributed by atoms with Crippen LogP contribution in [0.1, 0.15) is 28.4 Å². The average molecular weight is 348 g/mol. The quantitative estimate of drug-likeness (QED) is 0.372. The van der Waals surface area contributed by atoms with E-state index in [2.05, 4.69) is 0 Å². The van der Waals surface area contributed by atoms with Gasteiger partial charge in [-0.1, -0.05) is 77.6 Å². The molecule has 2 aromatic rings. The highest BCUT2D eigenvalue weighted by Gasteiger charge is 2.22. The normalized spacial score (nSPS) is 10.7. The predicted octanol–water partition coefficient (Wildman–Crippen LogP) is 6.09. The predicted molar refractivity (Wildman–Crippen MR) is 85.7 cm³/mol. The first-order chi connectivity index (χ1) is 9.47. The van der Waals surface area contributed by atoms with Gasteiger partial charge in [-0.15, -0.1) is 0 Å². The Balaban J connectivity index is 2.63. The lowest BCUT2D eigenvalue weighted by Crippen LogP contribution is -2.07. The van der Waals surface area contributed by atoms with Gasteiger partial charge in [0, 0.05) is 5.56 Å². The molecule has 0 amide bonds. The summed E-state index contributed by atoms with van der Waals surface area (Å²) in [5, 5.41) is 0.637. The molecule has 0 unspecified atom stereocenters. The zero-order valence-corrected chi connectivity index (χ0v) is 13.5. The number of halogens is 4.